The zero-order valence-electron chi connectivity index (χ0n) is 18.7. The quantitative estimate of drug-likeness (QED) is 0.574. The number of rotatable bonds is 7. The van der Waals surface area contributed by atoms with Crippen LogP contribution >= 0.6 is 11.5 Å². The van der Waals surface area contributed by atoms with Gasteiger partial charge < -0.3 is 15.5 Å². The standard InChI is InChI=1S/C24H30N6OS/c1-18-7-6-8-19(2)22(18)27-23(31)25-11-12-29-13-15-30(16-14-29)24-26-21(28-32-24)17-20-9-4-3-5-10-20/h3-10H,11-17H2,1-2H3,(H2,25,27,31). The molecule has 0 saturated carbocycles. The van der Waals surface area contributed by atoms with Crippen LogP contribution in [0.1, 0.15) is 22.5 Å². The summed E-state index contributed by atoms with van der Waals surface area (Å²) >= 11 is 1.48. The highest BCUT2D eigenvalue weighted by atomic mass is 32.1. The van der Waals surface area contributed by atoms with E-state index in [1.807, 2.05) is 50.2 Å². The monoisotopic (exact) mass is 450 g/mol. The minimum absolute atomic E-state index is 0.152. The predicted octanol–water partition coefficient (Wildman–Crippen LogP) is 3.69. The van der Waals surface area contributed by atoms with E-state index in [9.17, 15) is 4.79 Å². The number of amides is 2. The third-order valence-corrected chi connectivity index (χ3v) is 6.55. The van der Waals surface area contributed by atoms with Crippen LogP contribution in [0.5, 0.6) is 0 Å². The van der Waals surface area contributed by atoms with Gasteiger partial charge in [-0.25, -0.2) is 9.78 Å². The van der Waals surface area contributed by atoms with Gasteiger partial charge in [0.2, 0.25) is 5.13 Å². The maximum absolute atomic E-state index is 12.3. The summed E-state index contributed by atoms with van der Waals surface area (Å²) in [6, 6.07) is 16.2. The number of nitrogens with zero attached hydrogens (tertiary/aromatic N) is 4. The molecule has 4 rings (SSSR count). The van der Waals surface area contributed by atoms with Crippen molar-refractivity contribution in [3.8, 4) is 0 Å². The van der Waals surface area contributed by atoms with E-state index in [0.29, 0.717) is 6.54 Å². The average molecular weight is 451 g/mol. The number of urea groups is 1. The Morgan fingerprint density at radius 2 is 1.72 bits per heavy atom. The number of piperazine rings is 1. The van der Waals surface area contributed by atoms with E-state index in [-0.39, 0.29) is 6.03 Å². The lowest BCUT2D eigenvalue weighted by Crippen LogP contribution is -2.48. The molecule has 1 aromatic heterocycles. The van der Waals surface area contributed by atoms with E-state index in [1.54, 1.807) is 0 Å². The molecule has 0 unspecified atom stereocenters. The van der Waals surface area contributed by atoms with Crippen molar-refractivity contribution in [3.05, 3.63) is 71.0 Å². The molecular formula is C24H30N6OS. The van der Waals surface area contributed by atoms with Gasteiger partial charge in [0.25, 0.3) is 0 Å². The number of benzene rings is 2. The Bertz CT molecular complexity index is 1010. The second-order valence-electron chi connectivity index (χ2n) is 8.13. The Labute approximate surface area is 193 Å². The van der Waals surface area contributed by atoms with Crippen LogP contribution < -0.4 is 15.5 Å². The molecule has 168 valence electrons. The number of aromatic nitrogens is 2. The van der Waals surface area contributed by atoms with E-state index < -0.39 is 0 Å². The van der Waals surface area contributed by atoms with Gasteiger partial charge >= 0.3 is 6.03 Å². The molecule has 2 heterocycles. The van der Waals surface area contributed by atoms with Crippen LogP contribution in [-0.4, -0.2) is 59.6 Å². The summed E-state index contributed by atoms with van der Waals surface area (Å²) < 4.78 is 4.54. The summed E-state index contributed by atoms with van der Waals surface area (Å²) in [6.45, 7) is 9.22. The van der Waals surface area contributed by atoms with Crippen LogP contribution in [-0.2, 0) is 6.42 Å². The fourth-order valence-electron chi connectivity index (χ4n) is 3.88. The molecule has 8 heteroatoms. The number of anilines is 2. The van der Waals surface area contributed by atoms with Gasteiger partial charge in [0.15, 0.2) is 0 Å². The molecule has 1 saturated heterocycles. The van der Waals surface area contributed by atoms with Gasteiger partial charge in [0.1, 0.15) is 5.82 Å². The SMILES string of the molecule is Cc1cccc(C)c1NC(=O)NCCN1CCN(c2nc(Cc3ccccc3)ns2)CC1. The van der Waals surface area contributed by atoms with Crippen molar-refractivity contribution in [2.75, 3.05) is 49.5 Å². The van der Waals surface area contributed by atoms with Crippen LogP contribution in [0, 0.1) is 13.8 Å². The first-order valence-electron chi connectivity index (χ1n) is 11.0. The molecule has 0 aliphatic carbocycles. The summed E-state index contributed by atoms with van der Waals surface area (Å²) in [7, 11) is 0. The molecule has 2 N–H and O–H groups in total. The summed E-state index contributed by atoms with van der Waals surface area (Å²) in [5, 5.41) is 6.95. The Morgan fingerprint density at radius 3 is 2.44 bits per heavy atom. The molecule has 7 nitrogen and oxygen atoms in total. The Hall–Kier alpha value is -2.97. The van der Waals surface area contributed by atoms with Crippen molar-refractivity contribution >= 4 is 28.4 Å². The predicted molar refractivity (Wildman–Crippen MR) is 131 cm³/mol. The van der Waals surface area contributed by atoms with Crippen molar-refractivity contribution < 1.29 is 4.79 Å². The van der Waals surface area contributed by atoms with Gasteiger partial charge in [-0.05, 0) is 30.5 Å². The third kappa shape index (κ3) is 5.83. The van der Waals surface area contributed by atoms with Crippen LogP contribution in [0.25, 0.3) is 0 Å². The van der Waals surface area contributed by atoms with Crippen LogP contribution in [0.2, 0.25) is 0 Å². The number of carbonyl (C=O) groups excluding carboxylic acids is 1. The van der Waals surface area contributed by atoms with Crippen molar-refractivity contribution in [1.29, 1.82) is 0 Å². The fourth-order valence-corrected chi connectivity index (χ4v) is 4.62. The number of carbonyl (C=O) groups is 1. The summed E-state index contributed by atoms with van der Waals surface area (Å²) in [5.74, 6) is 0.887. The molecule has 1 aliphatic rings. The minimum Gasteiger partial charge on any atom is -0.344 e. The van der Waals surface area contributed by atoms with Crippen molar-refractivity contribution in [3.63, 3.8) is 0 Å². The number of hydrogen-bond acceptors (Lipinski definition) is 6. The zero-order chi connectivity index (χ0) is 22.3. The first kappa shape index (κ1) is 22.2. The smallest absolute Gasteiger partial charge is 0.319 e. The van der Waals surface area contributed by atoms with E-state index in [2.05, 4.69) is 36.9 Å². The lowest BCUT2D eigenvalue weighted by Gasteiger charge is -2.34. The lowest BCUT2D eigenvalue weighted by molar-refractivity contribution is 0.240. The van der Waals surface area contributed by atoms with Crippen LogP contribution in [0.15, 0.2) is 48.5 Å². The maximum Gasteiger partial charge on any atom is 0.319 e. The minimum atomic E-state index is -0.152. The maximum atomic E-state index is 12.3. The Kier molecular flexibility index (Phi) is 7.34. The van der Waals surface area contributed by atoms with Crippen LogP contribution in [0.3, 0.4) is 0 Å². The highest BCUT2D eigenvalue weighted by Gasteiger charge is 2.20. The fraction of sp³-hybridized carbons (Fsp3) is 0.375. The zero-order valence-corrected chi connectivity index (χ0v) is 19.5. The first-order valence-corrected chi connectivity index (χ1v) is 11.8. The van der Waals surface area contributed by atoms with E-state index >= 15 is 0 Å². The highest BCUT2D eigenvalue weighted by Crippen LogP contribution is 2.21. The summed E-state index contributed by atoms with van der Waals surface area (Å²) in [6.07, 6.45) is 0.771. The average Bonchev–Trinajstić information content (AvgIpc) is 3.26. The Morgan fingerprint density at radius 1 is 1.00 bits per heavy atom. The number of hydrogen-bond donors (Lipinski definition) is 2. The number of para-hydroxylation sites is 1. The van der Waals surface area contributed by atoms with Gasteiger partial charge in [0.05, 0.1) is 0 Å². The lowest BCUT2D eigenvalue weighted by atomic mass is 10.1. The molecule has 1 fully saturated rings. The normalized spacial score (nSPS) is 14.4. The molecule has 1 aliphatic heterocycles. The van der Waals surface area contributed by atoms with Gasteiger partial charge in [-0.3, -0.25) is 4.90 Å². The molecule has 0 spiro atoms. The molecule has 32 heavy (non-hydrogen) atoms. The topological polar surface area (TPSA) is 73.4 Å². The molecule has 0 bridgehead atoms. The molecule has 3 aromatic rings. The first-order chi connectivity index (χ1) is 15.6. The number of nitrogens with one attached hydrogen (secondary N) is 2. The molecule has 0 atom stereocenters. The van der Waals surface area contributed by atoms with Gasteiger partial charge in [-0.15, -0.1) is 0 Å². The van der Waals surface area contributed by atoms with Gasteiger partial charge in [-0.1, -0.05) is 48.5 Å². The second kappa shape index (κ2) is 10.6. The highest BCUT2D eigenvalue weighted by molar-refractivity contribution is 7.09. The number of aryl methyl sites for hydroxylation is 2. The van der Waals surface area contributed by atoms with Crippen molar-refractivity contribution in [2.24, 2.45) is 0 Å². The summed E-state index contributed by atoms with van der Waals surface area (Å²) in [5.41, 5.74) is 4.26. The molecule has 0 radical (unpaired) electrons. The van der Waals surface area contributed by atoms with Crippen molar-refractivity contribution in [2.45, 2.75) is 20.3 Å². The Balaban J connectivity index is 1.18. The second-order valence-corrected chi connectivity index (χ2v) is 8.86. The molecule has 2 amide bonds. The van der Waals surface area contributed by atoms with Crippen molar-refractivity contribution in [1.82, 2.24) is 19.6 Å². The van der Waals surface area contributed by atoms with Crippen LogP contribution in [0.4, 0.5) is 15.6 Å². The van der Waals surface area contributed by atoms with E-state index in [4.69, 9.17) is 4.98 Å². The van der Waals surface area contributed by atoms with Gasteiger partial charge in [-0.2, -0.15) is 4.37 Å². The largest absolute Gasteiger partial charge is 0.344 e. The van der Waals surface area contributed by atoms with E-state index in [1.165, 1.54) is 17.1 Å². The molecule has 2 aromatic carbocycles. The molecular weight excluding hydrogens is 420 g/mol. The summed E-state index contributed by atoms with van der Waals surface area (Å²) in [4.78, 5) is 21.7. The van der Waals surface area contributed by atoms with E-state index in [0.717, 1.165) is 66.9 Å². The third-order valence-electron chi connectivity index (χ3n) is 5.74. The van der Waals surface area contributed by atoms with Gasteiger partial charge in [0, 0.05) is 62.9 Å².